The van der Waals surface area contributed by atoms with Gasteiger partial charge in [0.25, 0.3) is 0 Å². The number of benzene rings is 2. The first-order valence-corrected chi connectivity index (χ1v) is 7.37. The van der Waals surface area contributed by atoms with Crippen LogP contribution in [0, 0.1) is 0 Å². The van der Waals surface area contributed by atoms with Gasteiger partial charge in [0.2, 0.25) is 0 Å². The summed E-state index contributed by atoms with van der Waals surface area (Å²) in [5.74, 6) is 0.850. The van der Waals surface area contributed by atoms with Crippen LogP contribution in [0.3, 0.4) is 0 Å². The van der Waals surface area contributed by atoms with E-state index in [9.17, 15) is 0 Å². The van der Waals surface area contributed by atoms with E-state index < -0.39 is 0 Å². The van der Waals surface area contributed by atoms with Crippen molar-refractivity contribution in [1.82, 2.24) is 0 Å². The monoisotopic (exact) mass is 351 g/mol. The van der Waals surface area contributed by atoms with Crippen LogP contribution in [0.4, 0.5) is 5.69 Å². The Hall–Kier alpha value is -1.45. The number of nitrogens with one attached hydrogen (secondary N) is 1. The maximum atomic E-state index is 5.96. The van der Waals surface area contributed by atoms with E-state index in [-0.39, 0.29) is 0 Å². The third-order valence-electron chi connectivity index (χ3n) is 2.71. The molecule has 0 saturated heterocycles. The van der Waals surface area contributed by atoms with Crippen LogP contribution in [0.5, 0.6) is 5.75 Å². The molecule has 0 aliphatic carbocycles. The van der Waals surface area contributed by atoms with Crippen molar-refractivity contribution in [3.05, 3.63) is 70.2 Å². The number of hydrogen-bond donors (Lipinski definition) is 1. The Balaban J connectivity index is 1.93. The SMILES string of the molecule is C=CCOc1ccc(CNc2ccc(Cl)c(Br)c2)cc1. The van der Waals surface area contributed by atoms with Gasteiger partial charge in [-0.3, -0.25) is 0 Å². The Morgan fingerprint density at radius 1 is 1.20 bits per heavy atom. The molecule has 0 spiro atoms. The maximum absolute atomic E-state index is 5.96. The van der Waals surface area contributed by atoms with Gasteiger partial charge in [-0.25, -0.2) is 0 Å². The Kier molecular flexibility index (Phi) is 5.50. The van der Waals surface area contributed by atoms with Crippen molar-refractivity contribution in [3.8, 4) is 5.75 Å². The van der Waals surface area contributed by atoms with E-state index in [0.29, 0.717) is 11.6 Å². The van der Waals surface area contributed by atoms with Gasteiger partial charge >= 0.3 is 0 Å². The fourth-order valence-electron chi connectivity index (χ4n) is 1.67. The zero-order valence-electron chi connectivity index (χ0n) is 10.9. The standard InChI is InChI=1S/C16H15BrClNO/c1-2-9-20-14-6-3-12(4-7-14)11-19-13-5-8-16(18)15(17)10-13/h2-8,10,19H,1,9,11H2. The molecule has 2 aromatic rings. The molecular weight excluding hydrogens is 338 g/mol. The molecule has 20 heavy (non-hydrogen) atoms. The summed E-state index contributed by atoms with van der Waals surface area (Å²) in [5, 5.41) is 4.05. The quantitative estimate of drug-likeness (QED) is 0.714. The van der Waals surface area contributed by atoms with Crippen LogP contribution in [0.25, 0.3) is 0 Å². The topological polar surface area (TPSA) is 21.3 Å². The number of anilines is 1. The lowest BCUT2D eigenvalue weighted by Gasteiger charge is -2.09. The van der Waals surface area contributed by atoms with Crippen molar-refractivity contribution in [3.63, 3.8) is 0 Å². The lowest BCUT2D eigenvalue weighted by atomic mass is 10.2. The molecule has 1 N–H and O–H groups in total. The van der Waals surface area contributed by atoms with Gasteiger partial charge in [0.05, 0.1) is 5.02 Å². The summed E-state index contributed by atoms with van der Waals surface area (Å²) in [5.41, 5.74) is 2.20. The highest BCUT2D eigenvalue weighted by atomic mass is 79.9. The van der Waals surface area contributed by atoms with Gasteiger partial charge < -0.3 is 10.1 Å². The number of hydrogen-bond acceptors (Lipinski definition) is 2. The van der Waals surface area contributed by atoms with Crippen molar-refractivity contribution in [2.75, 3.05) is 11.9 Å². The highest BCUT2D eigenvalue weighted by molar-refractivity contribution is 9.10. The zero-order chi connectivity index (χ0) is 14.4. The number of halogens is 2. The average Bonchev–Trinajstić information content (AvgIpc) is 2.47. The highest BCUT2D eigenvalue weighted by Gasteiger charge is 1.99. The lowest BCUT2D eigenvalue weighted by Crippen LogP contribution is -1.99. The molecule has 0 bridgehead atoms. The largest absolute Gasteiger partial charge is 0.490 e. The van der Waals surface area contributed by atoms with Crippen molar-refractivity contribution in [2.45, 2.75) is 6.54 Å². The van der Waals surface area contributed by atoms with E-state index in [1.54, 1.807) is 6.08 Å². The van der Waals surface area contributed by atoms with Crippen molar-refractivity contribution < 1.29 is 4.74 Å². The summed E-state index contributed by atoms with van der Waals surface area (Å²) in [6, 6.07) is 13.8. The van der Waals surface area contributed by atoms with E-state index in [4.69, 9.17) is 16.3 Å². The van der Waals surface area contributed by atoms with E-state index >= 15 is 0 Å². The minimum absolute atomic E-state index is 0.524. The van der Waals surface area contributed by atoms with Crippen LogP contribution in [0.2, 0.25) is 5.02 Å². The smallest absolute Gasteiger partial charge is 0.119 e. The van der Waals surface area contributed by atoms with E-state index in [0.717, 1.165) is 22.5 Å². The molecule has 2 nitrogen and oxygen atoms in total. The van der Waals surface area contributed by atoms with Gasteiger partial charge in [-0.05, 0) is 51.8 Å². The van der Waals surface area contributed by atoms with Crippen LogP contribution in [0.15, 0.2) is 59.6 Å². The Morgan fingerprint density at radius 2 is 1.95 bits per heavy atom. The van der Waals surface area contributed by atoms with Gasteiger partial charge in [-0.2, -0.15) is 0 Å². The molecular formula is C16H15BrClNO. The molecule has 0 atom stereocenters. The normalized spacial score (nSPS) is 10.1. The first-order chi connectivity index (χ1) is 9.69. The predicted octanol–water partition coefficient (Wildman–Crippen LogP) is 5.28. The Bertz CT molecular complexity index is 584. The minimum atomic E-state index is 0.524. The van der Waals surface area contributed by atoms with Gasteiger partial charge in [-0.15, -0.1) is 0 Å². The molecule has 0 heterocycles. The minimum Gasteiger partial charge on any atom is -0.490 e. The molecule has 0 aromatic heterocycles. The molecule has 0 fully saturated rings. The summed E-state index contributed by atoms with van der Waals surface area (Å²) in [6.07, 6.45) is 1.73. The van der Waals surface area contributed by atoms with Crippen LogP contribution in [0.1, 0.15) is 5.56 Å². The molecule has 0 amide bonds. The zero-order valence-corrected chi connectivity index (χ0v) is 13.2. The number of rotatable bonds is 6. The number of ether oxygens (including phenoxy) is 1. The Labute approximate surface area is 132 Å². The van der Waals surface area contributed by atoms with Crippen molar-refractivity contribution in [2.24, 2.45) is 0 Å². The van der Waals surface area contributed by atoms with E-state index in [1.807, 2.05) is 42.5 Å². The molecule has 0 aliphatic rings. The molecule has 0 aliphatic heterocycles. The van der Waals surface area contributed by atoms with Crippen LogP contribution in [-0.2, 0) is 6.54 Å². The second kappa shape index (κ2) is 7.36. The molecule has 2 rings (SSSR count). The maximum Gasteiger partial charge on any atom is 0.119 e. The fourth-order valence-corrected chi connectivity index (χ4v) is 2.17. The van der Waals surface area contributed by atoms with Crippen molar-refractivity contribution >= 4 is 33.2 Å². The van der Waals surface area contributed by atoms with Gasteiger partial charge in [-0.1, -0.05) is 36.4 Å². The molecule has 0 saturated carbocycles. The van der Waals surface area contributed by atoms with Crippen LogP contribution in [-0.4, -0.2) is 6.61 Å². The summed E-state index contributed by atoms with van der Waals surface area (Å²) in [6.45, 7) is 4.89. The molecule has 0 radical (unpaired) electrons. The highest BCUT2D eigenvalue weighted by Crippen LogP contribution is 2.25. The molecule has 104 valence electrons. The second-order valence-electron chi connectivity index (χ2n) is 4.23. The van der Waals surface area contributed by atoms with E-state index in [1.165, 1.54) is 5.56 Å². The summed E-state index contributed by atoms with van der Waals surface area (Å²) in [7, 11) is 0. The summed E-state index contributed by atoms with van der Waals surface area (Å²) >= 11 is 9.37. The molecule has 2 aromatic carbocycles. The molecule has 4 heteroatoms. The first-order valence-electron chi connectivity index (χ1n) is 6.20. The van der Waals surface area contributed by atoms with Gasteiger partial charge in [0, 0.05) is 16.7 Å². The first kappa shape index (κ1) is 14.9. The van der Waals surface area contributed by atoms with Crippen molar-refractivity contribution in [1.29, 1.82) is 0 Å². The third-order valence-corrected chi connectivity index (χ3v) is 3.92. The molecule has 0 unspecified atom stereocenters. The Morgan fingerprint density at radius 3 is 2.60 bits per heavy atom. The third kappa shape index (κ3) is 4.29. The van der Waals surface area contributed by atoms with Gasteiger partial charge in [0.15, 0.2) is 0 Å². The second-order valence-corrected chi connectivity index (χ2v) is 5.49. The average molecular weight is 353 g/mol. The van der Waals surface area contributed by atoms with Crippen LogP contribution < -0.4 is 10.1 Å². The fraction of sp³-hybridized carbons (Fsp3) is 0.125. The van der Waals surface area contributed by atoms with Gasteiger partial charge in [0.1, 0.15) is 12.4 Å². The lowest BCUT2D eigenvalue weighted by molar-refractivity contribution is 0.363. The summed E-state index contributed by atoms with van der Waals surface area (Å²) < 4.78 is 6.33. The summed E-state index contributed by atoms with van der Waals surface area (Å²) in [4.78, 5) is 0. The predicted molar refractivity (Wildman–Crippen MR) is 88.6 cm³/mol. The van der Waals surface area contributed by atoms with E-state index in [2.05, 4.69) is 27.8 Å². The van der Waals surface area contributed by atoms with Crippen LogP contribution >= 0.6 is 27.5 Å².